The lowest BCUT2D eigenvalue weighted by atomic mass is 10.1. The summed E-state index contributed by atoms with van der Waals surface area (Å²) in [5.41, 5.74) is 11.5. The first-order chi connectivity index (χ1) is 17.8. The molecule has 0 radical (unpaired) electrons. The highest BCUT2D eigenvalue weighted by Crippen LogP contribution is 2.31. The van der Waals surface area contributed by atoms with Crippen LogP contribution in [-0.4, -0.2) is 30.8 Å². The molecule has 9 heteroatoms. The summed E-state index contributed by atoms with van der Waals surface area (Å²) < 4.78 is 3.84. The fourth-order valence-electron chi connectivity index (χ4n) is 4.61. The molecule has 5 rings (SSSR count). The maximum Gasteiger partial charge on any atom is 0.255 e. The number of carbonyl (C=O) groups excluding carboxylic acids is 2. The molecule has 5 aromatic rings. The van der Waals surface area contributed by atoms with Crippen LogP contribution in [0.3, 0.4) is 0 Å². The number of carbonyl (C=O) groups is 2. The molecule has 3 heterocycles. The van der Waals surface area contributed by atoms with Crippen LogP contribution in [0, 0.1) is 6.92 Å². The second kappa shape index (κ2) is 9.27. The van der Waals surface area contributed by atoms with E-state index in [4.69, 9.17) is 10.7 Å². The number of nitrogen functional groups attached to an aromatic ring is 1. The van der Waals surface area contributed by atoms with Crippen LogP contribution < -0.4 is 16.4 Å². The highest BCUT2D eigenvalue weighted by Gasteiger charge is 2.21. The van der Waals surface area contributed by atoms with E-state index in [1.165, 1.54) is 11.6 Å². The molecule has 2 aromatic carbocycles. The Morgan fingerprint density at radius 3 is 2.78 bits per heavy atom. The van der Waals surface area contributed by atoms with Gasteiger partial charge in [-0.2, -0.15) is 0 Å². The third kappa shape index (κ3) is 4.31. The minimum Gasteiger partial charge on any atom is -0.382 e. The highest BCUT2D eigenvalue weighted by atomic mass is 16.2. The van der Waals surface area contributed by atoms with Crippen molar-refractivity contribution < 1.29 is 9.59 Å². The van der Waals surface area contributed by atoms with Gasteiger partial charge in [-0.05, 0) is 49.8 Å². The van der Waals surface area contributed by atoms with Crippen molar-refractivity contribution in [1.29, 1.82) is 0 Å². The smallest absolute Gasteiger partial charge is 0.255 e. The standard InChI is InChI=1S/C28H27N7O2/c1-5-23(36)31-17(3)27-33-24(25-26(29)30-11-12-35(25)27)18-7-6-8-19(13-18)28(37)32-20-9-10-21-16(2)15-34(4)22(21)14-20/h5-15,17H,1H2,2-4H3,(H2,29,30)(H,31,36)(H,32,37)/t17-/m0/s1. The quantitative estimate of drug-likeness (QED) is 0.303. The maximum absolute atomic E-state index is 13.2. The number of anilines is 2. The normalized spacial score (nSPS) is 12.0. The fraction of sp³-hybridized carbons (Fsp3) is 0.143. The van der Waals surface area contributed by atoms with Gasteiger partial charge in [0.05, 0.1) is 11.6 Å². The summed E-state index contributed by atoms with van der Waals surface area (Å²) >= 11 is 0. The largest absolute Gasteiger partial charge is 0.382 e. The van der Waals surface area contributed by atoms with Gasteiger partial charge in [0.2, 0.25) is 5.91 Å². The van der Waals surface area contributed by atoms with Gasteiger partial charge in [0.1, 0.15) is 22.9 Å². The Balaban J connectivity index is 1.50. The zero-order valence-corrected chi connectivity index (χ0v) is 20.8. The minimum absolute atomic E-state index is 0.242. The van der Waals surface area contributed by atoms with Gasteiger partial charge in [-0.3, -0.25) is 14.0 Å². The van der Waals surface area contributed by atoms with Gasteiger partial charge in [-0.1, -0.05) is 24.8 Å². The number of imidazole rings is 1. The molecule has 3 aromatic heterocycles. The number of aryl methyl sites for hydroxylation is 2. The molecule has 0 aliphatic heterocycles. The summed E-state index contributed by atoms with van der Waals surface area (Å²) in [6.45, 7) is 7.39. The summed E-state index contributed by atoms with van der Waals surface area (Å²) in [6, 6.07) is 12.6. The van der Waals surface area contributed by atoms with E-state index >= 15 is 0 Å². The van der Waals surface area contributed by atoms with Crippen molar-refractivity contribution >= 4 is 39.7 Å². The lowest BCUT2D eigenvalue weighted by molar-refractivity contribution is -0.117. The first-order valence-corrected chi connectivity index (χ1v) is 11.8. The average Bonchev–Trinajstić information content (AvgIpc) is 3.42. The third-order valence-corrected chi connectivity index (χ3v) is 6.39. The third-order valence-electron chi connectivity index (χ3n) is 6.39. The number of benzene rings is 2. The fourth-order valence-corrected chi connectivity index (χ4v) is 4.61. The Bertz CT molecular complexity index is 1700. The molecule has 0 fully saturated rings. The highest BCUT2D eigenvalue weighted by molar-refractivity contribution is 6.06. The van der Waals surface area contributed by atoms with Gasteiger partial charge in [-0.25, -0.2) is 9.97 Å². The van der Waals surface area contributed by atoms with Crippen molar-refractivity contribution in [3.8, 4) is 11.3 Å². The molecule has 0 bridgehead atoms. The molecule has 0 unspecified atom stereocenters. The van der Waals surface area contributed by atoms with E-state index in [-0.39, 0.29) is 11.8 Å². The molecular weight excluding hydrogens is 466 g/mol. The van der Waals surface area contributed by atoms with E-state index in [0.717, 1.165) is 10.9 Å². The van der Waals surface area contributed by atoms with Gasteiger partial charge < -0.3 is 20.9 Å². The molecule has 9 nitrogen and oxygen atoms in total. The minimum atomic E-state index is -0.420. The number of hydrogen-bond donors (Lipinski definition) is 3. The van der Waals surface area contributed by atoms with Gasteiger partial charge in [-0.15, -0.1) is 0 Å². The second-order valence-corrected chi connectivity index (χ2v) is 8.97. The molecule has 0 saturated carbocycles. The first-order valence-electron chi connectivity index (χ1n) is 11.8. The molecule has 0 saturated heterocycles. The van der Waals surface area contributed by atoms with Crippen molar-refractivity contribution in [2.75, 3.05) is 11.1 Å². The molecule has 0 aliphatic carbocycles. The van der Waals surface area contributed by atoms with Crippen molar-refractivity contribution in [3.05, 3.63) is 90.7 Å². The van der Waals surface area contributed by atoms with Crippen LogP contribution >= 0.6 is 0 Å². The van der Waals surface area contributed by atoms with E-state index < -0.39 is 6.04 Å². The monoisotopic (exact) mass is 493 g/mol. The molecule has 0 aliphatic rings. The summed E-state index contributed by atoms with van der Waals surface area (Å²) in [7, 11) is 1.98. The number of amides is 2. The topological polar surface area (TPSA) is 119 Å². The number of rotatable bonds is 6. The number of aromatic nitrogens is 4. The average molecular weight is 494 g/mol. The van der Waals surface area contributed by atoms with Crippen LogP contribution in [0.4, 0.5) is 11.5 Å². The van der Waals surface area contributed by atoms with Gasteiger partial charge >= 0.3 is 0 Å². The molecule has 4 N–H and O–H groups in total. The Hall–Kier alpha value is -4.92. The van der Waals surface area contributed by atoms with Crippen LogP contribution in [0.1, 0.15) is 34.7 Å². The summed E-state index contributed by atoms with van der Waals surface area (Å²) in [5.74, 6) is 0.318. The van der Waals surface area contributed by atoms with Crippen LogP contribution in [-0.2, 0) is 11.8 Å². The number of nitrogens with two attached hydrogens (primary N) is 1. The summed E-state index contributed by atoms with van der Waals surface area (Å²) in [5, 5.41) is 6.97. The van der Waals surface area contributed by atoms with Crippen LogP contribution in [0.15, 0.2) is 73.7 Å². The Morgan fingerprint density at radius 1 is 1.19 bits per heavy atom. The van der Waals surface area contributed by atoms with E-state index in [1.807, 2.05) is 42.8 Å². The van der Waals surface area contributed by atoms with Crippen molar-refractivity contribution in [2.24, 2.45) is 7.05 Å². The Kier molecular flexibility index (Phi) is 5.96. The predicted octanol–water partition coefficient (Wildman–Crippen LogP) is 4.39. The van der Waals surface area contributed by atoms with Gasteiger partial charge in [0, 0.05) is 47.8 Å². The predicted molar refractivity (Wildman–Crippen MR) is 145 cm³/mol. The van der Waals surface area contributed by atoms with Crippen molar-refractivity contribution in [1.82, 2.24) is 24.3 Å². The number of fused-ring (bicyclic) bond motifs is 2. The first kappa shape index (κ1) is 23.8. The van der Waals surface area contributed by atoms with Gasteiger partial charge in [0.25, 0.3) is 5.91 Å². The van der Waals surface area contributed by atoms with Crippen LogP contribution in [0.5, 0.6) is 0 Å². The molecule has 186 valence electrons. The molecule has 0 spiro atoms. The van der Waals surface area contributed by atoms with E-state index in [1.54, 1.807) is 35.0 Å². The second-order valence-electron chi connectivity index (χ2n) is 8.97. The van der Waals surface area contributed by atoms with Crippen molar-refractivity contribution in [2.45, 2.75) is 19.9 Å². The zero-order chi connectivity index (χ0) is 26.3. The van der Waals surface area contributed by atoms with Gasteiger partial charge in [0.15, 0.2) is 0 Å². The molecule has 1 atom stereocenters. The summed E-state index contributed by atoms with van der Waals surface area (Å²) in [4.78, 5) is 34.1. The van der Waals surface area contributed by atoms with E-state index in [9.17, 15) is 9.59 Å². The summed E-state index contributed by atoms with van der Waals surface area (Å²) in [6.07, 6.45) is 6.59. The number of nitrogens with zero attached hydrogens (tertiary/aromatic N) is 4. The van der Waals surface area contributed by atoms with Crippen LogP contribution in [0.25, 0.3) is 27.7 Å². The Labute approximate surface area is 213 Å². The number of hydrogen-bond acceptors (Lipinski definition) is 5. The van der Waals surface area contributed by atoms with E-state index in [2.05, 4.69) is 35.3 Å². The molecule has 37 heavy (non-hydrogen) atoms. The molecule has 2 amide bonds. The zero-order valence-electron chi connectivity index (χ0n) is 20.8. The maximum atomic E-state index is 13.2. The van der Waals surface area contributed by atoms with Crippen LogP contribution in [0.2, 0.25) is 0 Å². The Morgan fingerprint density at radius 2 is 2.00 bits per heavy atom. The number of nitrogens with one attached hydrogen (secondary N) is 2. The lowest BCUT2D eigenvalue weighted by Crippen LogP contribution is -2.26. The molecular formula is C28H27N7O2. The lowest BCUT2D eigenvalue weighted by Gasteiger charge is -2.11. The SMILES string of the molecule is C=CC(=O)N[C@@H](C)c1nc(-c2cccc(C(=O)Nc3ccc4c(C)cn(C)c4c3)c2)c2c(N)nccn12. The van der Waals surface area contributed by atoms with E-state index in [0.29, 0.717) is 39.7 Å². The van der Waals surface area contributed by atoms with Crippen molar-refractivity contribution in [3.63, 3.8) is 0 Å².